The maximum atomic E-state index is 14.0. The summed E-state index contributed by atoms with van der Waals surface area (Å²) in [6.45, 7) is 2.95. The van der Waals surface area contributed by atoms with Gasteiger partial charge >= 0.3 is 0 Å². The van der Waals surface area contributed by atoms with Crippen molar-refractivity contribution in [1.29, 1.82) is 0 Å². The van der Waals surface area contributed by atoms with Crippen LogP contribution in [0.25, 0.3) is 11.0 Å². The van der Waals surface area contributed by atoms with Gasteiger partial charge in [-0.2, -0.15) is 0 Å². The summed E-state index contributed by atoms with van der Waals surface area (Å²) in [5.74, 6) is 0.934. The summed E-state index contributed by atoms with van der Waals surface area (Å²) < 4.78 is 36.5. The van der Waals surface area contributed by atoms with Gasteiger partial charge in [-0.25, -0.2) is 4.39 Å². The number of ether oxygens (including phenoxy) is 3. The molecule has 0 N–H and O–H groups in total. The van der Waals surface area contributed by atoms with Crippen LogP contribution in [0.5, 0.6) is 17.2 Å². The molecule has 0 fully saturated rings. The van der Waals surface area contributed by atoms with E-state index in [4.69, 9.17) is 18.6 Å². The maximum Gasteiger partial charge on any atom is 0.291 e. The quantitative estimate of drug-likeness (QED) is 0.372. The van der Waals surface area contributed by atoms with Crippen LogP contribution in [0.15, 0.2) is 69.9 Å². The van der Waals surface area contributed by atoms with E-state index in [1.165, 1.54) is 12.1 Å². The molecule has 0 spiro atoms. The van der Waals surface area contributed by atoms with Gasteiger partial charge in [0.2, 0.25) is 12.6 Å². The second-order valence-corrected chi connectivity index (χ2v) is 8.76. The molecule has 8 heteroatoms. The molecule has 4 aromatic rings. The van der Waals surface area contributed by atoms with Crippen LogP contribution in [0.4, 0.5) is 4.39 Å². The summed E-state index contributed by atoms with van der Waals surface area (Å²) in [7, 11) is 0. The van der Waals surface area contributed by atoms with E-state index in [1.807, 2.05) is 43.3 Å². The Bertz CT molecular complexity index is 1540. The van der Waals surface area contributed by atoms with E-state index in [0.29, 0.717) is 23.9 Å². The molecule has 182 valence electrons. The van der Waals surface area contributed by atoms with Crippen molar-refractivity contribution in [3.05, 3.63) is 99.2 Å². The number of rotatable bonds is 6. The van der Waals surface area contributed by atoms with Gasteiger partial charge in [0, 0.05) is 6.54 Å². The third-order valence-electron chi connectivity index (χ3n) is 6.39. The summed E-state index contributed by atoms with van der Waals surface area (Å²) in [6.07, 6.45) is 0.875. The van der Waals surface area contributed by atoms with Gasteiger partial charge in [0.05, 0.1) is 23.6 Å². The number of fused-ring (bicyclic) bond motifs is 3. The fourth-order valence-electron chi connectivity index (χ4n) is 4.70. The Morgan fingerprint density at radius 1 is 1.00 bits per heavy atom. The van der Waals surface area contributed by atoms with E-state index < -0.39 is 23.2 Å². The van der Waals surface area contributed by atoms with Gasteiger partial charge in [0.1, 0.15) is 17.1 Å². The molecule has 0 radical (unpaired) electrons. The van der Waals surface area contributed by atoms with Crippen molar-refractivity contribution >= 4 is 16.9 Å². The third kappa shape index (κ3) is 3.66. The van der Waals surface area contributed by atoms with Crippen LogP contribution in [0.3, 0.4) is 0 Å². The Hall–Kier alpha value is -4.33. The first kappa shape index (κ1) is 22.2. The summed E-state index contributed by atoms with van der Waals surface area (Å²) >= 11 is 0. The summed E-state index contributed by atoms with van der Waals surface area (Å²) in [4.78, 5) is 28.8. The van der Waals surface area contributed by atoms with Crippen LogP contribution in [-0.4, -0.2) is 24.2 Å². The van der Waals surface area contributed by atoms with Crippen LogP contribution in [0.2, 0.25) is 0 Å². The van der Waals surface area contributed by atoms with E-state index in [9.17, 15) is 14.0 Å². The zero-order chi connectivity index (χ0) is 24.8. The lowest BCUT2D eigenvalue weighted by molar-refractivity contribution is 0.0714. The zero-order valence-corrected chi connectivity index (χ0v) is 19.5. The molecule has 7 nitrogen and oxygen atoms in total. The summed E-state index contributed by atoms with van der Waals surface area (Å²) in [5.41, 5.74) is 1.45. The second-order valence-electron chi connectivity index (χ2n) is 8.76. The monoisotopic (exact) mass is 487 g/mol. The highest BCUT2D eigenvalue weighted by Gasteiger charge is 2.43. The molecule has 0 aliphatic carbocycles. The predicted molar refractivity (Wildman–Crippen MR) is 129 cm³/mol. The fraction of sp³-hybridized carbons (Fsp3) is 0.214. The number of halogens is 1. The van der Waals surface area contributed by atoms with Crippen LogP contribution < -0.4 is 19.6 Å². The van der Waals surface area contributed by atoms with Crippen LogP contribution in [0.1, 0.15) is 46.6 Å². The smallest absolute Gasteiger partial charge is 0.291 e. The largest absolute Gasteiger partial charge is 0.494 e. The van der Waals surface area contributed by atoms with Gasteiger partial charge < -0.3 is 23.5 Å². The number of carbonyl (C=O) groups is 1. The number of benzene rings is 3. The van der Waals surface area contributed by atoms with Crippen LogP contribution >= 0.6 is 0 Å². The van der Waals surface area contributed by atoms with Crippen molar-refractivity contribution in [2.75, 3.05) is 13.4 Å². The van der Waals surface area contributed by atoms with Gasteiger partial charge in [-0.05, 0) is 60.0 Å². The minimum Gasteiger partial charge on any atom is -0.494 e. The lowest BCUT2D eigenvalue weighted by Crippen LogP contribution is -2.29. The average molecular weight is 487 g/mol. The molecule has 0 saturated heterocycles. The first-order valence-electron chi connectivity index (χ1n) is 11.7. The molecule has 0 bridgehead atoms. The normalized spacial score (nSPS) is 16.0. The highest BCUT2D eigenvalue weighted by molar-refractivity contribution is 5.99. The Morgan fingerprint density at radius 3 is 2.61 bits per heavy atom. The number of amides is 1. The molecule has 3 heterocycles. The van der Waals surface area contributed by atoms with Crippen molar-refractivity contribution in [3.8, 4) is 17.2 Å². The standard InChI is InChI=1S/C28H22FNO6/c1-2-11-33-19-7-4-17(5-8-19)25-24-26(31)20-13-18(29)6-10-21(20)36-27(24)28(32)30(25)14-16-3-9-22-23(12-16)35-15-34-22/h3-10,12-13,25H,2,11,14-15H2,1H3/t25-/m1/s1. The van der Waals surface area contributed by atoms with Gasteiger partial charge in [-0.15, -0.1) is 0 Å². The molecule has 2 aliphatic heterocycles. The van der Waals surface area contributed by atoms with Gasteiger partial charge in [-0.1, -0.05) is 25.1 Å². The maximum absolute atomic E-state index is 14.0. The van der Waals surface area contributed by atoms with Gasteiger partial charge in [0.25, 0.3) is 5.91 Å². The van der Waals surface area contributed by atoms with Crippen LogP contribution in [-0.2, 0) is 6.54 Å². The van der Waals surface area contributed by atoms with Gasteiger partial charge in [-0.3, -0.25) is 9.59 Å². The third-order valence-corrected chi connectivity index (χ3v) is 6.39. The van der Waals surface area contributed by atoms with Gasteiger partial charge in [0.15, 0.2) is 16.9 Å². The SMILES string of the molecule is CCCOc1ccc([C@@H]2c3c(oc4ccc(F)cc4c3=O)C(=O)N2Cc2ccc3c(c2)OCO3)cc1. The summed E-state index contributed by atoms with van der Waals surface area (Å²) in [6, 6.07) is 15.8. The lowest BCUT2D eigenvalue weighted by Gasteiger charge is -2.25. The van der Waals surface area contributed by atoms with Crippen molar-refractivity contribution < 1.29 is 27.8 Å². The first-order chi connectivity index (χ1) is 17.5. The number of carbonyl (C=O) groups excluding carboxylic acids is 1. The van der Waals surface area contributed by atoms with E-state index >= 15 is 0 Å². The number of hydrogen-bond donors (Lipinski definition) is 0. The first-order valence-corrected chi connectivity index (χ1v) is 11.7. The van der Waals surface area contributed by atoms with Crippen molar-refractivity contribution in [2.45, 2.75) is 25.9 Å². The minimum absolute atomic E-state index is 0.0313. The molecule has 1 aromatic heterocycles. The molecular formula is C28H22FNO6. The molecule has 3 aromatic carbocycles. The molecule has 0 saturated carbocycles. The average Bonchev–Trinajstić information content (AvgIpc) is 3.46. The van der Waals surface area contributed by atoms with E-state index in [0.717, 1.165) is 23.6 Å². The van der Waals surface area contributed by atoms with E-state index in [2.05, 4.69) is 0 Å². The molecule has 1 atom stereocenters. The molecule has 0 unspecified atom stereocenters. The molecule has 6 rings (SSSR count). The molecule has 36 heavy (non-hydrogen) atoms. The zero-order valence-electron chi connectivity index (χ0n) is 19.5. The predicted octanol–water partition coefficient (Wildman–Crippen LogP) is 5.20. The molecule has 2 aliphatic rings. The minimum atomic E-state index is -0.720. The van der Waals surface area contributed by atoms with Crippen molar-refractivity contribution in [3.63, 3.8) is 0 Å². The van der Waals surface area contributed by atoms with Crippen LogP contribution in [0, 0.1) is 5.82 Å². The Kier molecular flexibility index (Phi) is 5.36. The Balaban J connectivity index is 1.47. The molecular weight excluding hydrogens is 465 g/mol. The van der Waals surface area contributed by atoms with E-state index in [-0.39, 0.29) is 35.6 Å². The van der Waals surface area contributed by atoms with E-state index in [1.54, 1.807) is 11.0 Å². The van der Waals surface area contributed by atoms with Crippen molar-refractivity contribution in [1.82, 2.24) is 4.90 Å². The Labute approximate surface area is 205 Å². The topological polar surface area (TPSA) is 78.2 Å². The lowest BCUT2D eigenvalue weighted by atomic mass is 9.98. The Morgan fingerprint density at radius 2 is 1.81 bits per heavy atom. The molecule has 1 amide bonds. The number of hydrogen-bond acceptors (Lipinski definition) is 6. The highest BCUT2D eigenvalue weighted by atomic mass is 19.1. The fourth-order valence-corrected chi connectivity index (χ4v) is 4.70. The van der Waals surface area contributed by atoms with Crippen molar-refractivity contribution in [2.24, 2.45) is 0 Å². The number of nitrogens with zero attached hydrogens (tertiary/aromatic N) is 1. The second kappa shape index (κ2) is 8.71. The summed E-state index contributed by atoms with van der Waals surface area (Å²) in [5, 5.41) is 0.0966. The highest BCUT2D eigenvalue weighted by Crippen LogP contribution is 2.41.